The molecule has 5 atom stereocenters. The molecule has 0 spiro atoms. The first-order valence-corrected chi connectivity index (χ1v) is 12.0. The molecule has 0 radical (unpaired) electrons. The Kier molecular flexibility index (Phi) is 4.93. The van der Waals surface area contributed by atoms with Crippen molar-refractivity contribution in [1.29, 1.82) is 0 Å². The SMILES string of the molecule is O=C1c2c(O)c(=O)ccn2N2CN1CCCCOC1=CC=CC3CCC4C=CC=CC4[C@@H]2C13. The van der Waals surface area contributed by atoms with E-state index >= 15 is 0 Å². The summed E-state index contributed by atoms with van der Waals surface area (Å²) in [6.45, 7) is 1.60. The fourth-order valence-corrected chi connectivity index (χ4v) is 6.30. The van der Waals surface area contributed by atoms with Gasteiger partial charge in [0.2, 0.25) is 5.43 Å². The number of hydrogen-bond donors (Lipinski definition) is 1. The van der Waals surface area contributed by atoms with Gasteiger partial charge in [-0.1, -0.05) is 36.5 Å². The van der Waals surface area contributed by atoms with Gasteiger partial charge >= 0.3 is 0 Å². The van der Waals surface area contributed by atoms with Gasteiger partial charge in [-0.15, -0.1) is 0 Å². The van der Waals surface area contributed by atoms with E-state index in [2.05, 4.69) is 47.5 Å². The van der Waals surface area contributed by atoms with E-state index in [-0.39, 0.29) is 29.5 Å². The number of hydrogen-bond acceptors (Lipinski definition) is 5. The molecule has 0 aromatic carbocycles. The third-order valence-electron chi connectivity index (χ3n) is 7.87. The highest BCUT2D eigenvalue weighted by atomic mass is 16.5. The largest absolute Gasteiger partial charge is 0.502 e. The van der Waals surface area contributed by atoms with Crippen molar-refractivity contribution in [2.75, 3.05) is 24.8 Å². The summed E-state index contributed by atoms with van der Waals surface area (Å²) < 4.78 is 8.12. The van der Waals surface area contributed by atoms with Gasteiger partial charge in [0.1, 0.15) is 12.4 Å². The minimum Gasteiger partial charge on any atom is -0.502 e. The number of pyridine rings is 1. The summed E-state index contributed by atoms with van der Waals surface area (Å²) in [4.78, 5) is 27.4. The molecule has 33 heavy (non-hydrogen) atoms. The van der Waals surface area contributed by atoms with E-state index in [4.69, 9.17) is 4.74 Å². The average molecular weight is 448 g/mol. The molecular weight excluding hydrogens is 418 g/mol. The van der Waals surface area contributed by atoms with Crippen LogP contribution in [0.2, 0.25) is 0 Å². The van der Waals surface area contributed by atoms with Gasteiger partial charge in [0.25, 0.3) is 5.91 Å². The van der Waals surface area contributed by atoms with E-state index in [0.717, 1.165) is 31.4 Å². The predicted octanol–water partition coefficient (Wildman–Crippen LogP) is 2.92. The van der Waals surface area contributed by atoms with E-state index in [1.54, 1.807) is 15.8 Å². The third kappa shape index (κ3) is 3.24. The van der Waals surface area contributed by atoms with Crippen LogP contribution in [0.1, 0.15) is 36.2 Å². The van der Waals surface area contributed by atoms with E-state index in [0.29, 0.717) is 31.7 Å². The normalized spacial score (nSPS) is 32.5. The Morgan fingerprint density at radius 3 is 2.73 bits per heavy atom. The molecule has 7 heteroatoms. The van der Waals surface area contributed by atoms with Gasteiger partial charge in [0.05, 0.1) is 12.6 Å². The molecule has 3 aliphatic carbocycles. The van der Waals surface area contributed by atoms with Crippen LogP contribution in [-0.2, 0) is 4.74 Å². The number of fused-ring (bicyclic) bond motifs is 7. The van der Waals surface area contributed by atoms with Crippen LogP contribution in [0.4, 0.5) is 0 Å². The highest BCUT2D eigenvalue weighted by Crippen LogP contribution is 2.46. The van der Waals surface area contributed by atoms with Crippen molar-refractivity contribution >= 4 is 5.91 Å². The summed E-state index contributed by atoms with van der Waals surface area (Å²) in [6, 6.07) is 1.35. The number of allylic oxidation sites excluding steroid dienone is 6. The Balaban J connectivity index is 1.57. The maximum Gasteiger partial charge on any atom is 0.277 e. The maximum absolute atomic E-state index is 13.4. The second-order valence-corrected chi connectivity index (χ2v) is 9.65. The van der Waals surface area contributed by atoms with E-state index in [1.807, 2.05) is 0 Å². The number of nitrogens with zero attached hydrogens (tertiary/aromatic N) is 3. The van der Waals surface area contributed by atoms with Crippen LogP contribution in [-0.4, -0.2) is 46.5 Å². The molecule has 1 aromatic heterocycles. The first kappa shape index (κ1) is 20.4. The molecular formula is C26H29N3O4. The molecule has 1 N–H and O–H groups in total. The van der Waals surface area contributed by atoms with Gasteiger partial charge in [0.15, 0.2) is 11.4 Å². The Morgan fingerprint density at radius 2 is 1.82 bits per heavy atom. The van der Waals surface area contributed by atoms with E-state index < -0.39 is 11.2 Å². The third-order valence-corrected chi connectivity index (χ3v) is 7.87. The number of rotatable bonds is 0. The molecule has 5 aliphatic rings. The van der Waals surface area contributed by atoms with Gasteiger partial charge in [-0.25, -0.2) is 0 Å². The highest BCUT2D eigenvalue weighted by Gasteiger charge is 2.48. The topological polar surface area (TPSA) is 75.0 Å². The Hall–Kier alpha value is -3.22. The molecule has 4 unspecified atom stereocenters. The quantitative estimate of drug-likeness (QED) is 0.662. The minimum atomic E-state index is -0.526. The molecule has 1 saturated carbocycles. The lowest BCUT2D eigenvalue weighted by atomic mass is 9.74. The second-order valence-electron chi connectivity index (χ2n) is 9.65. The molecule has 172 valence electrons. The molecule has 2 bridgehead atoms. The molecule has 3 heterocycles. The van der Waals surface area contributed by atoms with Crippen LogP contribution in [0, 0.1) is 23.7 Å². The van der Waals surface area contributed by atoms with Crippen LogP contribution in [0.25, 0.3) is 0 Å². The highest BCUT2D eigenvalue weighted by molar-refractivity contribution is 5.96. The lowest BCUT2D eigenvalue weighted by Crippen LogP contribution is -2.62. The number of carbonyl (C=O) groups excluding carboxylic acids is 1. The average Bonchev–Trinajstić information content (AvgIpc) is 3.01. The number of carbonyl (C=O) groups is 1. The van der Waals surface area contributed by atoms with Crippen LogP contribution in [0.3, 0.4) is 0 Å². The Morgan fingerprint density at radius 1 is 1.00 bits per heavy atom. The first-order valence-electron chi connectivity index (χ1n) is 12.0. The monoisotopic (exact) mass is 447 g/mol. The lowest BCUT2D eigenvalue weighted by Gasteiger charge is -2.49. The lowest BCUT2D eigenvalue weighted by molar-refractivity contribution is 0.0648. The number of ether oxygens (including phenoxy) is 1. The van der Waals surface area contributed by atoms with Crippen LogP contribution >= 0.6 is 0 Å². The van der Waals surface area contributed by atoms with Gasteiger partial charge in [-0.3, -0.25) is 19.3 Å². The van der Waals surface area contributed by atoms with Gasteiger partial charge in [-0.2, -0.15) is 0 Å². The second kappa shape index (κ2) is 7.97. The van der Waals surface area contributed by atoms with Crippen molar-refractivity contribution in [1.82, 2.24) is 9.58 Å². The summed E-state index contributed by atoms with van der Waals surface area (Å²) in [7, 11) is 0. The smallest absolute Gasteiger partial charge is 0.277 e. The molecule has 1 saturated heterocycles. The molecule has 1 amide bonds. The van der Waals surface area contributed by atoms with Crippen LogP contribution in [0.5, 0.6) is 5.75 Å². The minimum absolute atomic E-state index is 0.00532. The van der Waals surface area contributed by atoms with E-state index in [1.165, 1.54) is 6.07 Å². The standard InChI is InChI=1S/C26H29N3O4/c30-20-12-14-28-24(25(20)31)26(32)27-13-3-4-15-33-21-9-5-7-18-11-10-17-6-1-2-8-19(17)23(22(18)21)29(28)16-27/h1-2,5-9,12,14,17-19,22-23,31H,3-4,10-11,13,15-16H2/t17?,18?,19?,22?,23-/m1/s1. The molecule has 6 rings (SSSR count). The van der Waals surface area contributed by atoms with Crippen molar-refractivity contribution in [2.45, 2.75) is 31.7 Å². The molecule has 7 nitrogen and oxygen atoms in total. The zero-order valence-electron chi connectivity index (χ0n) is 18.5. The van der Waals surface area contributed by atoms with Gasteiger partial charge < -0.3 is 14.7 Å². The van der Waals surface area contributed by atoms with Crippen molar-refractivity contribution in [3.63, 3.8) is 0 Å². The zero-order valence-corrected chi connectivity index (χ0v) is 18.5. The fourth-order valence-electron chi connectivity index (χ4n) is 6.30. The van der Waals surface area contributed by atoms with Crippen molar-refractivity contribution in [3.8, 4) is 5.75 Å². The molecule has 2 aliphatic heterocycles. The van der Waals surface area contributed by atoms with Gasteiger partial charge in [-0.05, 0) is 43.6 Å². The summed E-state index contributed by atoms with van der Waals surface area (Å²) in [5.41, 5.74) is -0.458. The van der Waals surface area contributed by atoms with E-state index in [9.17, 15) is 14.7 Å². The number of aromatic hydroxyl groups is 1. The molecule has 1 aromatic rings. The van der Waals surface area contributed by atoms with Crippen LogP contribution in [0.15, 0.2) is 65.3 Å². The number of amides is 1. The predicted molar refractivity (Wildman–Crippen MR) is 124 cm³/mol. The summed E-state index contributed by atoms with van der Waals surface area (Å²) in [5.74, 6) is 1.29. The van der Waals surface area contributed by atoms with Gasteiger partial charge in [0, 0.05) is 30.6 Å². The first-order chi connectivity index (χ1) is 16.1. The Labute approximate surface area is 192 Å². The summed E-state index contributed by atoms with van der Waals surface area (Å²) >= 11 is 0. The van der Waals surface area contributed by atoms with Crippen molar-refractivity contribution in [3.05, 3.63) is 76.5 Å². The zero-order chi connectivity index (χ0) is 22.5. The number of aromatic nitrogens is 1. The fraction of sp³-hybridized carbons (Fsp3) is 0.462. The summed E-state index contributed by atoms with van der Waals surface area (Å²) in [6.07, 6.45) is 20.8. The summed E-state index contributed by atoms with van der Waals surface area (Å²) in [5, 5.41) is 12.9. The van der Waals surface area contributed by atoms with Crippen molar-refractivity contribution < 1.29 is 14.6 Å². The van der Waals surface area contributed by atoms with Crippen LogP contribution < -0.4 is 10.4 Å². The van der Waals surface area contributed by atoms with Crippen molar-refractivity contribution in [2.24, 2.45) is 23.7 Å². The Bertz CT molecular complexity index is 1150. The maximum atomic E-state index is 13.4. The molecule has 2 fully saturated rings.